The summed E-state index contributed by atoms with van der Waals surface area (Å²) in [6, 6.07) is 12.2. The highest BCUT2D eigenvalue weighted by Gasteiger charge is 2.49. The number of hydrogen-bond donors (Lipinski definition) is 0. The van der Waals surface area contributed by atoms with Crippen LogP contribution >= 0.6 is 11.8 Å². The predicted octanol–water partition coefficient (Wildman–Crippen LogP) is 2.74. The molecule has 1 aliphatic rings. The minimum Gasteiger partial charge on any atom is -0.353 e. The second-order valence-corrected chi connectivity index (χ2v) is 11.5. The van der Waals surface area contributed by atoms with Crippen molar-refractivity contribution >= 4 is 32.0 Å². The van der Waals surface area contributed by atoms with E-state index in [-0.39, 0.29) is 9.79 Å². The molecule has 4 atom stereocenters. The molecule has 1 heterocycles. The Balaban J connectivity index is 1.79. The van der Waals surface area contributed by atoms with E-state index >= 15 is 0 Å². The molecular weight excluding hydrogens is 490 g/mol. The van der Waals surface area contributed by atoms with Crippen LogP contribution in [0.15, 0.2) is 58.3 Å². The third-order valence-electron chi connectivity index (χ3n) is 4.93. The second kappa shape index (κ2) is 10.5. The Bertz CT molecular complexity index is 1210. The number of rotatable bonds is 9. The molecule has 2 aromatic carbocycles. The highest BCUT2D eigenvalue weighted by Crippen LogP contribution is 2.36. The molecule has 0 spiro atoms. The van der Waals surface area contributed by atoms with Crippen LogP contribution < -0.4 is 0 Å². The number of benzene rings is 2. The predicted molar refractivity (Wildman–Crippen MR) is 120 cm³/mol. The molecule has 0 bridgehead atoms. The molecule has 0 saturated carbocycles. The summed E-state index contributed by atoms with van der Waals surface area (Å²) in [5.74, 6) is 0. The number of nitrogens with zero attached hydrogens (tertiary/aromatic N) is 1. The molecule has 3 rings (SSSR count). The average Bonchev–Trinajstić information content (AvgIpc) is 3.09. The van der Waals surface area contributed by atoms with Gasteiger partial charge in [0.05, 0.1) is 21.6 Å². The maximum atomic E-state index is 12.8. The monoisotopic (exact) mass is 513 g/mol. The van der Waals surface area contributed by atoms with E-state index < -0.39 is 50.6 Å². The van der Waals surface area contributed by atoms with Gasteiger partial charge < -0.3 is 9.47 Å². The molecule has 9 nitrogen and oxygen atoms in total. The van der Waals surface area contributed by atoms with Gasteiger partial charge in [0.2, 0.25) is 0 Å². The molecule has 0 aromatic heterocycles. The van der Waals surface area contributed by atoms with E-state index in [9.17, 15) is 22.1 Å². The van der Waals surface area contributed by atoms with Crippen LogP contribution in [0.1, 0.15) is 11.1 Å². The zero-order valence-corrected chi connectivity index (χ0v) is 20.5. The van der Waals surface area contributed by atoms with Gasteiger partial charge in [-0.3, -0.25) is 8.37 Å². The first-order valence-corrected chi connectivity index (χ1v) is 13.5. The Kier molecular flexibility index (Phi) is 8.17. The van der Waals surface area contributed by atoms with Crippen molar-refractivity contribution in [1.29, 1.82) is 5.26 Å². The smallest absolute Gasteiger partial charge is 0.297 e. The van der Waals surface area contributed by atoms with E-state index in [0.29, 0.717) is 11.8 Å². The molecule has 0 radical (unpaired) electrons. The number of thiocyanates is 1. The van der Waals surface area contributed by atoms with Crippen molar-refractivity contribution in [2.45, 2.75) is 47.4 Å². The van der Waals surface area contributed by atoms with Crippen LogP contribution in [0.25, 0.3) is 0 Å². The van der Waals surface area contributed by atoms with Crippen LogP contribution in [0.2, 0.25) is 0 Å². The van der Waals surface area contributed by atoms with Gasteiger partial charge in [0.15, 0.2) is 6.29 Å². The van der Waals surface area contributed by atoms with Crippen LogP contribution in [0, 0.1) is 24.5 Å². The summed E-state index contributed by atoms with van der Waals surface area (Å²) in [5, 5.41) is 10.2. The lowest BCUT2D eigenvalue weighted by Gasteiger charge is -2.20. The first-order valence-electron chi connectivity index (χ1n) is 9.76. The summed E-state index contributed by atoms with van der Waals surface area (Å²) in [6.45, 7) is 3.18. The average molecular weight is 514 g/mol. The maximum Gasteiger partial charge on any atom is 0.297 e. The molecule has 0 aliphatic carbocycles. The number of aryl methyl sites for hydroxylation is 2. The Hall–Kier alpha value is -1.98. The van der Waals surface area contributed by atoms with Gasteiger partial charge in [-0.05, 0) is 49.9 Å². The zero-order chi connectivity index (χ0) is 24.2. The summed E-state index contributed by atoms with van der Waals surface area (Å²) in [4.78, 5) is -0.0982. The molecule has 1 fully saturated rings. The minimum atomic E-state index is -4.21. The van der Waals surface area contributed by atoms with Gasteiger partial charge in [0.1, 0.15) is 17.6 Å². The molecule has 1 saturated heterocycles. The van der Waals surface area contributed by atoms with Crippen molar-refractivity contribution < 1.29 is 34.7 Å². The number of nitriles is 1. The fourth-order valence-electron chi connectivity index (χ4n) is 3.16. The zero-order valence-electron chi connectivity index (χ0n) is 18.1. The van der Waals surface area contributed by atoms with Crippen molar-refractivity contribution in [3.05, 3.63) is 59.7 Å². The lowest BCUT2D eigenvalue weighted by Crippen LogP contribution is -2.37. The minimum absolute atomic E-state index is 0.0337. The van der Waals surface area contributed by atoms with Crippen molar-refractivity contribution in [3.8, 4) is 5.40 Å². The first kappa shape index (κ1) is 25.6. The van der Waals surface area contributed by atoms with Gasteiger partial charge in [-0.1, -0.05) is 35.4 Å². The third kappa shape index (κ3) is 6.13. The molecular formula is C21H23NO8S3. The lowest BCUT2D eigenvalue weighted by molar-refractivity contribution is -0.146. The Morgan fingerprint density at radius 2 is 1.45 bits per heavy atom. The Morgan fingerprint density at radius 3 is 1.94 bits per heavy atom. The molecule has 178 valence electrons. The highest BCUT2D eigenvalue weighted by atomic mass is 32.2. The second-order valence-electron chi connectivity index (χ2n) is 7.33. The van der Waals surface area contributed by atoms with Gasteiger partial charge in [0.25, 0.3) is 20.2 Å². The SMILES string of the molecule is CO[C@@H]1O[C@H](COS(=O)(=O)c2ccc(C)cc2)[C@@H](SC#N)[C@@H]1OS(=O)(=O)c1ccc(C)cc1. The van der Waals surface area contributed by atoms with E-state index in [1.54, 1.807) is 24.3 Å². The summed E-state index contributed by atoms with van der Waals surface area (Å²) >= 11 is 0.697. The normalized spacial score (nSPS) is 23.3. The van der Waals surface area contributed by atoms with E-state index in [1.807, 2.05) is 19.2 Å². The van der Waals surface area contributed by atoms with Crippen molar-refractivity contribution in [2.24, 2.45) is 0 Å². The highest BCUT2D eigenvalue weighted by molar-refractivity contribution is 8.04. The molecule has 0 unspecified atom stereocenters. The van der Waals surface area contributed by atoms with E-state index in [0.717, 1.165) is 11.1 Å². The molecule has 33 heavy (non-hydrogen) atoms. The summed E-state index contributed by atoms with van der Waals surface area (Å²) < 4.78 is 72.1. The van der Waals surface area contributed by atoms with Gasteiger partial charge in [-0.2, -0.15) is 22.1 Å². The molecule has 0 amide bonds. The van der Waals surface area contributed by atoms with E-state index in [1.165, 1.54) is 31.4 Å². The van der Waals surface area contributed by atoms with Crippen molar-refractivity contribution in [2.75, 3.05) is 13.7 Å². The van der Waals surface area contributed by atoms with Gasteiger partial charge in [-0.25, -0.2) is 0 Å². The van der Waals surface area contributed by atoms with Crippen LogP contribution in [0.5, 0.6) is 0 Å². The Morgan fingerprint density at radius 1 is 0.939 bits per heavy atom. The number of hydrogen-bond acceptors (Lipinski definition) is 10. The number of thioether (sulfide) groups is 1. The fourth-order valence-corrected chi connectivity index (χ4v) is 5.96. The van der Waals surface area contributed by atoms with Gasteiger partial charge in [0, 0.05) is 7.11 Å². The molecule has 0 N–H and O–H groups in total. The first-order chi connectivity index (χ1) is 15.6. The molecule has 1 aliphatic heterocycles. The van der Waals surface area contributed by atoms with Crippen molar-refractivity contribution in [1.82, 2.24) is 0 Å². The molecule has 12 heteroatoms. The van der Waals surface area contributed by atoms with Crippen LogP contribution in [-0.4, -0.2) is 54.3 Å². The van der Waals surface area contributed by atoms with Crippen LogP contribution in [0.4, 0.5) is 0 Å². The van der Waals surface area contributed by atoms with E-state index in [4.69, 9.17) is 17.8 Å². The topological polar surface area (TPSA) is 129 Å². The lowest BCUT2D eigenvalue weighted by atomic mass is 10.2. The maximum absolute atomic E-state index is 12.8. The fraction of sp³-hybridized carbons (Fsp3) is 0.381. The van der Waals surface area contributed by atoms with Gasteiger partial charge >= 0.3 is 0 Å². The Labute approximate surface area is 197 Å². The largest absolute Gasteiger partial charge is 0.353 e. The van der Waals surface area contributed by atoms with Gasteiger partial charge in [-0.15, -0.1) is 0 Å². The standard InChI is InChI=1S/C21H23NO8S3/c1-14-4-8-16(9-5-14)32(23,24)28-12-18-20(31-13-22)19(21(27-3)29-18)30-33(25,26)17-10-6-15(2)7-11-17/h4-11,18-21H,12H2,1-3H3/t18-,19+,20-,21-/m1/s1. The quantitative estimate of drug-likeness (QED) is 0.364. The molecule has 2 aromatic rings. The third-order valence-corrected chi connectivity index (χ3v) is 8.50. The summed E-state index contributed by atoms with van der Waals surface area (Å²) in [6.07, 6.45) is -3.36. The van der Waals surface area contributed by atoms with E-state index in [2.05, 4.69) is 0 Å². The van der Waals surface area contributed by atoms with Crippen molar-refractivity contribution in [3.63, 3.8) is 0 Å². The van der Waals surface area contributed by atoms with Crippen LogP contribution in [0.3, 0.4) is 0 Å². The summed E-state index contributed by atoms with van der Waals surface area (Å²) in [7, 11) is -7.02. The number of methoxy groups -OCH3 is 1. The van der Waals surface area contributed by atoms with Crippen LogP contribution in [-0.2, 0) is 38.1 Å². The number of ether oxygens (including phenoxy) is 2. The summed E-state index contributed by atoms with van der Waals surface area (Å²) in [5.41, 5.74) is 1.76.